The summed E-state index contributed by atoms with van der Waals surface area (Å²) in [5.74, 6) is 0.347. The van der Waals surface area contributed by atoms with Gasteiger partial charge in [0.15, 0.2) is 0 Å². The van der Waals surface area contributed by atoms with Gasteiger partial charge in [0.2, 0.25) is 5.82 Å². The molecule has 3 aromatic rings. The van der Waals surface area contributed by atoms with Gasteiger partial charge in [-0.3, -0.25) is 0 Å². The van der Waals surface area contributed by atoms with Crippen LogP contribution in [0.5, 0.6) is 0 Å². The number of aromatic nitrogens is 2. The number of benzene rings is 2. The molecule has 3 rings (SSSR count). The van der Waals surface area contributed by atoms with E-state index >= 15 is 0 Å². The van der Waals surface area contributed by atoms with Gasteiger partial charge in [0.1, 0.15) is 5.82 Å². The summed E-state index contributed by atoms with van der Waals surface area (Å²) < 4.78 is 18.1. The van der Waals surface area contributed by atoms with Crippen molar-refractivity contribution in [2.24, 2.45) is 0 Å². The van der Waals surface area contributed by atoms with Crippen molar-refractivity contribution in [1.82, 2.24) is 10.1 Å². The molecule has 0 atom stereocenters. The quantitative estimate of drug-likeness (QED) is 0.714. The third-order valence-electron chi connectivity index (χ3n) is 2.70. The lowest BCUT2D eigenvalue weighted by Gasteiger charge is -1.99. The molecule has 0 fully saturated rings. The molecule has 0 aliphatic carbocycles. The predicted octanol–water partition coefficient (Wildman–Crippen LogP) is 3.12. The van der Waals surface area contributed by atoms with Crippen LogP contribution < -0.4 is 5.73 Å². The van der Waals surface area contributed by atoms with Crippen molar-refractivity contribution in [3.8, 4) is 22.8 Å². The third-order valence-corrected chi connectivity index (χ3v) is 2.70. The van der Waals surface area contributed by atoms with E-state index in [9.17, 15) is 4.39 Å². The van der Waals surface area contributed by atoms with Crippen molar-refractivity contribution in [1.29, 1.82) is 0 Å². The van der Waals surface area contributed by atoms with Gasteiger partial charge in [0.25, 0.3) is 5.89 Å². The molecule has 4 nitrogen and oxygen atoms in total. The molecule has 0 aliphatic heterocycles. The third kappa shape index (κ3) is 2.18. The fourth-order valence-electron chi connectivity index (χ4n) is 1.77. The second-order valence-electron chi connectivity index (χ2n) is 4.02. The van der Waals surface area contributed by atoms with Crippen molar-refractivity contribution < 1.29 is 8.91 Å². The lowest BCUT2D eigenvalue weighted by atomic mass is 10.1. The van der Waals surface area contributed by atoms with E-state index in [0.717, 1.165) is 5.56 Å². The number of nitrogens with two attached hydrogens (primary N) is 1. The zero-order valence-corrected chi connectivity index (χ0v) is 9.88. The Morgan fingerprint density at radius 1 is 1.05 bits per heavy atom. The molecule has 0 unspecified atom stereocenters. The first kappa shape index (κ1) is 11.4. The fourth-order valence-corrected chi connectivity index (χ4v) is 1.77. The van der Waals surface area contributed by atoms with Crippen molar-refractivity contribution in [2.75, 3.05) is 5.73 Å². The first-order valence-electron chi connectivity index (χ1n) is 5.68. The molecule has 0 bridgehead atoms. The SMILES string of the molecule is Nc1cc(F)ccc1-c1nc(-c2ccccc2)no1. The molecule has 19 heavy (non-hydrogen) atoms. The summed E-state index contributed by atoms with van der Waals surface area (Å²) in [4.78, 5) is 4.26. The standard InChI is InChI=1S/C14H10FN3O/c15-10-6-7-11(12(16)8-10)14-17-13(18-19-14)9-4-2-1-3-5-9/h1-8H,16H2. The average Bonchev–Trinajstić information content (AvgIpc) is 2.89. The lowest BCUT2D eigenvalue weighted by Crippen LogP contribution is -1.91. The maximum absolute atomic E-state index is 13.0. The topological polar surface area (TPSA) is 64.9 Å². The van der Waals surface area contributed by atoms with Crippen LogP contribution in [0.2, 0.25) is 0 Å². The number of rotatable bonds is 2. The fraction of sp³-hybridized carbons (Fsp3) is 0. The summed E-state index contributed by atoms with van der Waals surface area (Å²) in [6, 6.07) is 13.5. The summed E-state index contributed by atoms with van der Waals surface area (Å²) >= 11 is 0. The molecule has 0 spiro atoms. The van der Waals surface area contributed by atoms with E-state index in [2.05, 4.69) is 10.1 Å². The van der Waals surface area contributed by atoms with Crippen LogP contribution in [0, 0.1) is 5.82 Å². The number of halogens is 1. The Balaban J connectivity index is 2.02. The summed E-state index contributed by atoms with van der Waals surface area (Å²) in [6.07, 6.45) is 0. The van der Waals surface area contributed by atoms with Gasteiger partial charge in [-0.1, -0.05) is 35.5 Å². The highest BCUT2D eigenvalue weighted by atomic mass is 19.1. The van der Waals surface area contributed by atoms with Crippen molar-refractivity contribution in [3.63, 3.8) is 0 Å². The molecule has 0 amide bonds. The lowest BCUT2D eigenvalue weighted by molar-refractivity contribution is 0.432. The second-order valence-corrected chi connectivity index (χ2v) is 4.02. The van der Waals surface area contributed by atoms with Gasteiger partial charge >= 0.3 is 0 Å². The average molecular weight is 255 g/mol. The summed E-state index contributed by atoms with van der Waals surface area (Å²) in [5.41, 5.74) is 7.37. The number of nitrogens with zero attached hydrogens (tertiary/aromatic N) is 2. The van der Waals surface area contributed by atoms with Crippen LogP contribution in [-0.2, 0) is 0 Å². The number of anilines is 1. The van der Waals surface area contributed by atoms with Crippen molar-refractivity contribution in [3.05, 3.63) is 54.3 Å². The van der Waals surface area contributed by atoms with Crippen molar-refractivity contribution >= 4 is 5.69 Å². The van der Waals surface area contributed by atoms with Crippen LogP contribution in [0.15, 0.2) is 53.1 Å². The molecule has 0 aliphatic rings. The Kier molecular flexibility index (Phi) is 2.72. The van der Waals surface area contributed by atoms with Crippen LogP contribution in [0.1, 0.15) is 0 Å². The normalized spacial score (nSPS) is 10.6. The van der Waals surface area contributed by atoms with Crippen LogP contribution in [0.4, 0.5) is 10.1 Å². The minimum Gasteiger partial charge on any atom is -0.398 e. The Bertz CT molecular complexity index is 710. The van der Waals surface area contributed by atoms with E-state index in [1.54, 1.807) is 0 Å². The highest BCUT2D eigenvalue weighted by Gasteiger charge is 2.13. The maximum atomic E-state index is 13.0. The highest BCUT2D eigenvalue weighted by Crippen LogP contribution is 2.27. The minimum atomic E-state index is -0.399. The van der Waals surface area contributed by atoms with Crippen LogP contribution in [0.25, 0.3) is 22.8 Å². The Labute approximate surface area is 108 Å². The first-order chi connectivity index (χ1) is 9.24. The molecule has 1 aromatic heterocycles. The molecule has 2 aromatic carbocycles. The van der Waals surface area contributed by atoms with Gasteiger partial charge in [-0.15, -0.1) is 0 Å². The molecular formula is C14H10FN3O. The monoisotopic (exact) mass is 255 g/mol. The van der Waals surface area contributed by atoms with Crippen LogP contribution in [-0.4, -0.2) is 10.1 Å². The molecule has 1 heterocycles. The number of hydrogen-bond donors (Lipinski definition) is 1. The summed E-state index contributed by atoms with van der Waals surface area (Å²) in [6.45, 7) is 0. The van der Waals surface area contributed by atoms with Gasteiger partial charge in [-0.25, -0.2) is 4.39 Å². The first-order valence-corrected chi connectivity index (χ1v) is 5.68. The number of nitrogen functional groups attached to an aromatic ring is 1. The zero-order chi connectivity index (χ0) is 13.2. The van der Waals surface area contributed by atoms with Crippen LogP contribution >= 0.6 is 0 Å². The predicted molar refractivity (Wildman–Crippen MR) is 69.5 cm³/mol. The minimum absolute atomic E-state index is 0.267. The van der Waals surface area contributed by atoms with Gasteiger partial charge < -0.3 is 10.3 Å². The molecule has 94 valence electrons. The molecule has 0 saturated carbocycles. The molecule has 0 saturated heterocycles. The molecular weight excluding hydrogens is 245 g/mol. The van der Waals surface area contributed by atoms with E-state index in [1.807, 2.05) is 30.3 Å². The summed E-state index contributed by atoms with van der Waals surface area (Å²) in [7, 11) is 0. The van der Waals surface area contributed by atoms with Gasteiger partial charge in [-0.2, -0.15) is 4.98 Å². The van der Waals surface area contributed by atoms with Gasteiger partial charge in [0.05, 0.1) is 5.56 Å². The summed E-state index contributed by atoms with van der Waals surface area (Å²) in [5, 5.41) is 3.89. The van der Waals surface area contributed by atoms with E-state index in [-0.39, 0.29) is 11.6 Å². The highest BCUT2D eigenvalue weighted by molar-refractivity contribution is 5.71. The van der Waals surface area contributed by atoms with Crippen molar-refractivity contribution in [2.45, 2.75) is 0 Å². The molecule has 2 N–H and O–H groups in total. The Hall–Kier alpha value is -2.69. The molecule has 0 radical (unpaired) electrons. The van der Waals surface area contributed by atoms with E-state index < -0.39 is 5.82 Å². The van der Waals surface area contributed by atoms with Gasteiger partial charge in [0, 0.05) is 11.3 Å². The largest absolute Gasteiger partial charge is 0.398 e. The van der Waals surface area contributed by atoms with Crippen LogP contribution in [0.3, 0.4) is 0 Å². The Morgan fingerprint density at radius 3 is 2.58 bits per heavy atom. The molecule has 5 heteroatoms. The van der Waals surface area contributed by atoms with E-state index in [1.165, 1.54) is 18.2 Å². The maximum Gasteiger partial charge on any atom is 0.260 e. The zero-order valence-electron chi connectivity index (χ0n) is 9.88. The second kappa shape index (κ2) is 4.53. The van der Waals surface area contributed by atoms with E-state index in [0.29, 0.717) is 11.4 Å². The Morgan fingerprint density at radius 2 is 1.84 bits per heavy atom. The van der Waals surface area contributed by atoms with Gasteiger partial charge in [-0.05, 0) is 18.2 Å². The van der Waals surface area contributed by atoms with E-state index in [4.69, 9.17) is 10.3 Å². The smallest absolute Gasteiger partial charge is 0.260 e. The number of hydrogen-bond acceptors (Lipinski definition) is 4.